The van der Waals surface area contributed by atoms with Gasteiger partial charge in [0.2, 0.25) is 0 Å². The average Bonchev–Trinajstić information content (AvgIpc) is 3.32. The minimum absolute atomic E-state index is 0.0513. The van der Waals surface area contributed by atoms with E-state index in [0.29, 0.717) is 0 Å². The van der Waals surface area contributed by atoms with Crippen molar-refractivity contribution in [3.05, 3.63) is 169 Å². The average molecular weight is 573 g/mol. The van der Waals surface area contributed by atoms with Crippen molar-refractivity contribution in [3.8, 4) is 44.5 Å². The number of benzene rings is 8. The van der Waals surface area contributed by atoms with E-state index >= 15 is 0 Å². The highest BCUT2D eigenvalue weighted by Crippen LogP contribution is 2.51. The van der Waals surface area contributed by atoms with Crippen LogP contribution in [0.1, 0.15) is 25.0 Å². The molecule has 0 unspecified atom stereocenters. The van der Waals surface area contributed by atoms with Crippen LogP contribution < -0.4 is 0 Å². The van der Waals surface area contributed by atoms with Crippen LogP contribution in [0.5, 0.6) is 0 Å². The molecule has 0 heteroatoms. The third kappa shape index (κ3) is 3.85. The van der Waals surface area contributed by atoms with Crippen molar-refractivity contribution in [1.82, 2.24) is 0 Å². The third-order valence-corrected chi connectivity index (χ3v) is 10.0. The molecule has 0 bridgehead atoms. The number of hydrogen-bond acceptors (Lipinski definition) is 0. The summed E-state index contributed by atoms with van der Waals surface area (Å²) in [6.45, 7) is 4.73. The summed E-state index contributed by atoms with van der Waals surface area (Å²) < 4.78 is 0. The van der Waals surface area contributed by atoms with Gasteiger partial charge < -0.3 is 0 Å². The molecule has 0 saturated heterocycles. The second-order valence-electron chi connectivity index (χ2n) is 12.9. The molecule has 0 fully saturated rings. The van der Waals surface area contributed by atoms with Crippen LogP contribution in [-0.2, 0) is 5.41 Å². The van der Waals surface area contributed by atoms with Gasteiger partial charge in [-0.3, -0.25) is 0 Å². The molecule has 8 aromatic carbocycles. The Kier molecular flexibility index (Phi) is 5.64. The van der Waals surface area contributed by atoms with Crippen molar-refractivity contribution in [1.29, 1.82) is 0 Å². The molecule has 45 heavy (non-hydrogen) atoms. The largest absolute Gasteiger partial charge is 0.0622 e. The van der Waals surface area contributed by atoms with Gasteiger partial charge >= 0.3 is 0 Å². The Morgan fingerprint density at radius 1 is 0.333 bits per heavy atom. The Morgan fingerprint density at radius 2 is 0.889 bits per heavy atom. The molecule has 0 aliphatic heterocycles. The summed E-state index contributed by atoms with van der Waals surface area (Å²) in [7, 11) is 0. The van der Waals surface area contributed by atoms with Crippen molar-refractivity contribution >= 4 is 32.3 Å². The molecule has 0 atom stereocenters. The quantitative estimate of drug-likeness (QED) is 0.185. The van der Waals surface area contributed by atoms with E-state index in [9.17, 15) is 0 Å². The summed E-state index contributed by atoms with van der Waals surface area (Å²) in [5.41, 5.74) is 13.1. The lowest BCUT2D eigenvalue weighted by Gasteiger charge is -2.23. The Balaban J connectivity index is 1.37. The molecular formula is C45H32. The Morgan fingerprint density at radius 3 is 1.60 bits per heavy atom. The molecule has 0 radical (unpaired) electrons. The van der Waals surface area contributed by atoms with E-state index < -0.39 is 0 Å². The van der Waals surface area contributed by atoms with Gasteiger partial charge in [0.05, 0.1) is 0 Å². The predicted molar refractivity (Wildman–Crippen MR) is 193 cm³/mol. The topological polar surface area (TPSA) is 0 Å². The van der Waals surface area contributed by atoms with E-state index in [1.54, 1.807) is 0 Å². The summed E-state index contributed by atoms with van der Waals surface area (Å²) >= 11 is 0. The van der Waals surface area contributed by atoms with Gasteiger partial charge in [-0.2, -0.15) is 0 Å². The highest BCUT2D eigenvalue weighted by Gasteiger charge is 2.35. The zero-order valence-corrected chi connectivity index (χ0v) is 25.5. The summed E-state index contributed by atoms with van der Waals surface area (Å²) in [5.74, 6) is 0. The van der Waals surface area contributed by atoms with E-state index in [0.717, 1.165) is 0 Å². The first-order valence-corrected chi connectivity index (χ1v) is 15.9. The molecule has 1 aliphatic carbocycles. The number of fused-ring (bicyclic) bond motifs is 6. The van der Waals surface area contributed by atoms with Crippen LogP contribution in [0.3, 0.4) is 0 Å². The van der Waals surface area contributed by atoms with E-state index in [4.69, 9.17) is 0 Å². The molecule has 0 nitrogen and oxygen atoms in total. The van der Waals surface area contributed by atoms with Gasteiger partial charge in [0.1, 0.15) is 0 Å². The van der Waals surface area contributed by atoms with Crippen molar-refractivity contribution in [3.63, 3.8) is 0 Å². The van der Waals surface area contributed by atoms with E-state index in [1.165, 1.54) is 88.0 Å². The Labute approximate surface area is 264 Å². The summed E-state index contributed by atoms with van der Waals surface area (Å²) in [6.07, 6.45) is 0. The molecule has 0 heterocycles. The molecular weight excluding hydrogens is 540 g/mol. The molecule has 0 aromatic heterocycles. The highest BCUT2D eigenvalue weighted by atomic mass is 14.4. The minimum atomic E-state index is -0.0513. The van der Waals surface area contributed by atoms with Crippen LogP contribution in [0.2, 0.25) is 0 Å². The van der Waals surface area contributed by atoms with Gasteiger partial charge in [0.15, 0.2) is 0 Å². The van der Waals surface area contributed by atoms with Crippen LogP contribution in [0.4, 0.5) is 0 Å². The summed E-state index contributed by atoms with van der Waals surface area (Å²) in [5, 5.41) is 7.67. The van der Waals surface area contributed by atoms with Gasteiger partial charge in [-0.1, -0.05) is 153 Å². The molecule has 9 rings (SSSR count). The van der Waals surface area contributed by atoms with E-state index in [-0.39, 0.29) is 5.41 Å². The zero-order valence-electron chi connectivity index (χ0n) is 25.5. The fourth-order valence-corrected chi connectivity index (χ4v) is 7.90. The van der Waals surface area contributed by atoms with Crippen LogP contribution in [0.15, 0.2) is 158 Å². The van der Waals surface area contributed by atoms with E-state index in [2.05, 4.69) is 172 Å². The molecule has 0 saturated carbocycles. The van der Waals surface area contributed by atoms with Crippen molar-refractivity contribution in [2.45, 2.75) is 19.3 Å². The zero-order chi connectivity index (χ0) is 30.1. The Bertz CT molecular complexity index is 2390. The van der Waals surface area contributed by atoms with Gasteiger partial charge in [-0.05, 0) is 106 Å². The van der Waals surface area contributed by atoms with Gasteiger partial charge in [0.25, 0.3) is 0 Å². The fourth-order valence-electron chi connectivity index (χ4n) is 7.90. The Hall–Kier alpha value is -5.46. The number of rotatable bonds is 3. The van der Waals surface area contributed by atoms with Crippen LogP contribution in [0, 0.1) is 0 Å². The van der Waals surface area contributed by atoms with Gasteiger partial charge in [-0.25, -0.2) is 0 Å². The molecule has 0 amide bonds. The summed E-state index contributed by atoms with van der Waals surface area (Å²) in [4.78, 5) is 0. The molecule has 1 aliphatic rings. The lowest BCUT2D eigenvalue weighted by atomic mass is 9.80. The van der Waals surface area contributed by atoms with Gasteiger partial charge in [-0.15, -0.1) is 0 Å². The van der Waals surface area contributed by atoms with Crippen molar-refractivity contribution in [2.24, 2.45) is 0 Å². The first-order valence-electron chi connectivity index (χ1n) is 15.9. The molecule has 8 aromatic rings. The standard InChI is InChI=1S/C45H32/c1-45(2)41-23-13-12-18-34(41)35-25-24-31(28-42(35)45)43-36-19-8-10-21-38(36)44(39-22-11-9-20-37(39)43)40-27-32(29-14-4-3-5-15-29)26-30-16-6-7-17-33(30)40/h3-28H,1-2H3. The van der Waals surface area contributed by atoms with Crippen molar-refractivity contribution < 1.29 is 0 Å². The first-order chi connectivity index (χ1) is 22.1. The minimum Gasteiger partial charge on any atom is -0.0622 e. The van der Waals surface area contributed by atoms with E-state index in [1.807, 2.05) is 0 Å². The lowest BCUT2D eigenvalue weighted by molar-refractivity contribution is 0.660. The smallest absolute Gasteiger partial charge is 0.0159 e. The normalized spacial score (nSPS) is 13.3. The van der Waals surface area contributed by atoms with Crippen LogP contribution >= 0.6 is 0 Å². The monoisotopic (exact) mass is 572 g/mol. The second-order valence-corrected chi connectivity index (χ2v) is 12.9. The first kappa shape index (κ1) is 26.0. The molecule has 0 spiro atoms. The third-order valence-electron chi connectivity index (χ3n) is 10.0. The maximum atomic E-state index is 2.47. The lowest BCUT2D eigenvalue weighted by Crippen LogP contribution is -2.14. The fraction of sp³-hybridized carbons (Fsp3) is 0.0667. The van der Waals surface area contributed by atoms with Crippen LogP contribution in [0.25, 0.3) is 76.8 Å². The van der Waals surface area contributed by atoms with Gasteiger partial charge in [0, 0.05) is 5.41 Å². The predicted octanol–water partition coefficient (Wildman–Crippen LogP) is 12.5. The maximum absolute atomic E-state index is 2.47. The SMILES string of the molecule is CC1(C)c2ccccc2-c2ccc(-c3c4ccccc4c(-c4cc(-c5ccccc5)cc5ccccc45)c4ccccc34)cc21. The highest BCUT2D eigenvalue weighted by molar-refractivity contribution is 6.24. The van der Waals surface area contributed by atoms with Crippen LogP contribution in [-0.4, -0.2) is 0 Å². The molecule has 212 valence electrons. The molecule has 0 N–H and O–H groups in total. The second kappa shape index (κ2) is 9.78. The number of hydrogen-bond donors (Lipinski definition) is 0. The van der Waals surface area contributed by atoms with Crippen molar-refractivity contribution in [2.75, 3.05) is 0 Å². The summed E-state index contributed by atoms with van der Waals surface area (Å²) in [6, 6.07) is 58.4. The maximum Gasteiger partial charge on any atom is 0.0159 e.